The Morgan fingerprint density at radius 1 is 1.41 bits per heavy atom. The number of nitrogens with one attached hydrogen (secondary N) is 2. The highest BCUT2D eigenvalue weighted by Crippen LogP contribution is 2.46. The van der Waals surface area contributed by atoms with E-state index in [4.69, 9.17) is 9.90 Å². The predicted octanol–water partition coefficient (Wildman–Crippen LogP) is 1.66. The number of carbonyl (C=O) groups is 2. The highest BCUT2D eigenvalue weighted by molar-refractivity contribution is 5.84. The quantitative estimate of drug-likeness (QED) is 0.651. The molecule has 27 heavy (non-hydrogen) atoms. The van der Waals surface area contributed by atoms with E-state index in [1.54, 1.807) is 4.68 Å². The second kappa shape index (κ2) is 9.12. The number of allylic oxidation sites excluding steroid dienone is 2. The summed E-state index contributed by atoms with van der Waals surface area (Å²) < 4.78 is 1.78. The lowest BCUT2D eigenvalue weighted by atomic mass is 9.70. The van der Waals surface area contributed by atoms with Crippen LogP contribution in [0.1, 0.15) is 52.1 Å². The molecule has 3 atom stereocenters. The number of nitrogens with zero attached hydrogens (tertiary/aromatic N) is 3. The van der Waals surface area contributed by atoms with Crippen LogP contribution in [0, 0.1) is 12.3 Å². The van der Waals surface area contributed by atoms with Crippen LogP contribution in [-0.4, -0.2) is 50.6 Å². The summed E-state index contributed by atoms with van der Waals surface area (Å²) in [5, 5.41) is 22.2. The van der Waals surface area contributed by atoms with Crippen molar-refractivity contribution in [3.05, 3.63) is 23.5 Å². The average molecular weight is 377 g/mol. The third-order valence-electron chi connectivity index (χ3n) is 5.12. The lowest BCUT2D eigenvalue weighted by Crippen LogP contribution is -2.49. The summed E-state index contributed by atoms with van der Waals surface area (Å²) in [6.45, 7) is 8.44. The van der Waals surface area contributed by atoms with E-state index in [0.717, 1.165) is 31.9 Å². The summed E-state index contributed by atoms with van der Waals surface area (Å²) in [7, 11) is 0. The Kier molecular flexibility index (Phi) is 7.12. The van der Waals surface area contributed by atoms with Crippen molar-refractivity contribution in [1.82, 2.24) is 25.6 Å². The minimum absolute atomic E-state index is 0.187. The summed E-state index contributed by atoms with van der Waals surface area (Å²) in [6, 6.07) is 0.825. The van der Waals surface area contributed by atoms with Crippen molar-refractivity contribution in [3.8, 4) is 0 Å². The van der Waals surface area contributed by atoms with E-state index in [2.05, 4.69) is 40.9 Å². The SMILES string of the molecule is CC(=O)O.CC(C)=CC[C@@]1(C(=O)NCCn2cc(C)nn2)C[C@@H]2CC[C@H]1N2. The fraction of sp³-hybridized carbons (Fsp3) is 0.684. The second-order valence-electron chi connectivity index (χ2n) is 7.74. The van der Waals surface area contributed by atoms with Crippen LogP contribution in [0.4, 0.5) is 0 Å². The van der Waals surface area contributed by atoms with Gasteiger partial charge in [0.05, 0.1) is 17.7 Å². The molecule has 1 aromatic rings. The molecule has 3 N–H and O–H groups in total. The Hall–Kier alpha value is -2.22. The Morgan fingerprint density at radius 2 is 2.11 bits per heavy atom. The fourth-order valence-electron chi connectivity index (χ4n) is 3.92. The maximum Gasteiger partial charge on any atom is 0.300 e. The molecule has 8 nitrogen and oxygen atoms in total. The van der Waals surface area contributed by atoms with Gasteiger partial charge in [-0.15, -0.1) is 5.10 Å². The molecule has 3 heterocycles. The molecule has 0 spiro atoms. The molecule has 8 heteroatoms. The maximum atomic E-state index is 12.9. The molecule has 2 aliphatic heterocycles. The zero-order chi connectivity index (χ0) is 20.0. The summed E-state index contributed by atoms with van der Waals surface area (Å²) in [5.41, 5.74) is 1.89. The number of fused-ring (bicyclic) bond motifs is 2. The van der Waals surface area contributed by atoms with Gasteiger partial charge in [-0.05, 0) is 46.5 Å². The molecule has 1 aromatic heterocycles. The van der Waals surface area contributed by atoms with Gasteiger partial charge in [0.2, 0.25) is 5.91 Å². The molecule has 0 unspecified atom stereocenters. The number of rotatable bonds is 6. The number of carbonyl (C=O) groups excluding carboxylic acids is 1. The molecule has 3 rings (SSSR count). The Balaban J connectivity index is 0.000000596. The van der Waals surface area contributed by atoms with Crippen LogP contribution in [0.2, 0.25) is 0 Å². The van der Waals surface area contributed by atoms with Crippen molar-refractivity contribution in [1.29, 1.82) is 0 Å². The highest BCUT2D eigenvalue weighted by Gasteiger charge is 2.54. The average Bonchev–Trinajstić information content (AvgIpc) is 3.28. The van der Waals surface area contributed by atoms with E-state index in [0.29, 0.717) is 25.2 Å². The molecule has 150 valence electrons. The number of aromatic nitrogens is 3. The predicted molar refractivity (Wildman–Crippen MR) is 102 cm³/mol. The van der Waals surface area contributed by atoms with E-state index in [9.17, 15) is 4.79 Å². The van der Waals surface area contributed by atoms with Crippen molar-refractivity contribution in [2.45, 2.75) is 72.0 Å². The number of carboxylic acid groups (broad SMARTS) is 1. The molecule has 2 fully saturated rings. The molecule has 0 aromatic carbocycles. The lowest BCUT2D eigenvalue weighted by Gasteiger charge is -2.34. The molecule has 2 aliphatic rings. The molecule has 0 saturated carbocycles. The third kappa shape index (κ3) is 5.63. The molecule has 2 saturated heterocycles. The third-order valence-corrected chi connectivity index (χ3v) is 5.12. The van der Waals surface area contributed by atoms with E-state index in [1.807, 2.05) is 13.1 Å². The number of amides is 1. The Bertz CT molecular complexity index is 691. The number of aliphatic carboxylic acids is 1. The van der Waals surface area contributed by atoms with Crippen LogP contribution < -0.4 is 10.6 Å². The topological polar surface area (TPSA) is 109 Å². The molecular formula is C19H31N5O3. The lowest BCUT2D eigenvalue weighted by molar-refractivity contribution is -0.134. The zero-order valence-electron chi connectivity index (χ0n) is 16.7. The van der Waals surface area contributed by atoms with Crippen molar-refractivity contribution < 1.29 is 14.7 Å². The zero-order valence-corrected chi connectivity index (χ0v) is 16.7. The first-order valence-electron chi connectivity index (χ1n) is 9.47. The standard InChI is InChI=1S/C17H27N5O.C2H4O2/c1-12(2)6-7-17(10-14-4-5-15(17)19-14)16(23)18-8-9-22-11-13(3)20-21-22;1-2(3)4/h6,11,14-15,19H,4-5,7-10H2,1-3H3,(H,18,23);1H3,(H,3,4)/t14-,15+,17+;/m0./s1. The summed E-state index contributed by atoms with van der Waals surface area (Å²) >= 11 is 0. The van der Waals surface area contributed by atoms with Crippen LogP contribution >= 0.6 is 0 Å². The number of aryl methyl sites for hydroxylation is 1. The minimum atomic E-state index is -0.833. The van der Waals surface area contributed by atoms with Gasteiger partial charge in [0.1, 0.15) is 0 Å². The van der Waals surface area contributed by atoms with Crippen LogP contribution in [-0.2, 0) is 16.1 Å². The molecule has 1 amide bonds. The van der Waals surface area contributed by atoms with Gasteiger partial charge in [0.25, 0.3) is 5.97 Å². The monoisotopic (exact) mass is 377 g/mol. The van der Waals surface area contributed by atoms with Gasteiger partial charge < -0.3 is 15.7 Å². The van der Waals surface area contributed by atoms with Crippen molar-refractivity contribution >= 4 is 11.9 Å². The first-order valence-corrected chi connectivity index (χ1v) is 9.47. The fourth-order valence-corrected chi connectivity index (χ4v) is 3.92. The Labute approximate surface area is 160 Å². The first kappa shape index (κ1) is 21.1. The molecule has 2 bridgehead atoms. The minimum Gasteiger partial charge on any atom is -0.481 e. The Morgan fingerprint density at radius 3 is 2.59 bits per heavy atom. The summed E-state index contributed by atoms with van der Waals surface area (Å²) in [4.78, 5) is 21.9. The molecule has 0 aliphatic carbocycles. The van der Waals surface area contributed by atoms with Crippen LogP contribution in [0.3, 0.4) is 0 Å². The normalized spacial score (nSPS) is 25.5. The highest BCUT2D eigenvalue weighted by atomic mass is 16.4. The number of hydrogen-bond acceptors (Lipinski definition) is 5. The number of carboxylic acids is 1. The van der Waals surface area contributed by atoms with Crippen molar-refractivity contribution in [2.75, 3.05) is 6.54 Å². The van der Waals surface area contributed by atoms with E-state index >= 15 is 0 Å². The van der Waals surface area contributed by atoms with Gasteiger partial charge in [0, 0.05) is 31.7 Å². The van der Waals surface area contributed by atoms with Gasteiger partial charge >= 0.3 is 0 Å². The smallest absolute Gasteiger partial charge is 0.300 e. The van der Waals surface area contributed by atoms with Crippen LogP contribution in [0.25, 0.3) is 0 Å². The second-order valence-corrected chi connectivity index (χ2v) is 7.74. The van der Waals surface area contributed by atoms with E-state index in [1.165, 1.54) is 12.0 Å². The maximum absolute atomic E-state index is 12.9. The van der Waals surface area contributed by atoms with Crippen LogP contribution in [0.15, 0.2) is 17.8 Å². The van der Waals surface area contributed by atoms with E-state index in [-0.39, 0.29) is 11.3 Å². The van der Waals surface area contributed by atoms with Crippen molar-refractivity contribution in [3.63, 3.8) is 0 Å². The van der Waals surface area contributed by atoms with Crippen molar-refractivity contribution in [2.24, 2.45) is 5.41 Å². The summed E-state index contributed by atoms with van der Waals surface area (Å²) in [6.07, 6.45) is 8.20. The number of hydrogen-bond donors (Lipinski definition) is 3. The van der Waals surface area contributed by atoms with Gasteiger partial charge in [-0.3, -0.25) is 14.3 Å². The first-order chi connectivity index (χ1) is 12.7. The molecular weight excluding hydrogens is 346 g/mol. The van der Waals surface area contributed by atoms with Gasteiger partial charge in [-0.1, -0.05) is 16.9 Å². The van der Waals surface area contributed by atoms with Gasteiger partial charge in [-0.25, -0.2) is 0 Å². The van der Waals surface area contributed by atoms with Crippen LogP contribution in [0.5, 0.6) is 0 Å². The summed E-state index contributed by atoms with van der Waals surface area (Å²) in [5.74, 6) is -0.647. The molecule has 0 radical (unpaired) electrons. The van der Waals surface area contributed by atoms with Gasteiger partial charge in [0.15, 0.2) is 0 Å². The largest absolute Gasteiger partial charge is 0.481 e. The van der Waals surface area contributed by atoms with E-state index < -0.39 is 5.97 Å². The van der Waals surface area contributed by atoms with Gasteiger partial charge in [-0.2, -0.15) is 0 Å².